The summed E-state index contributed by atoms with van der Waals surface area (Å²) in [6, 6.07) is 18.8. The summed E-state index contributed by atoms with van der Waals surface area (Å²) in [5.74, 6) is -0.553. The van der Waals surface area contributed by atoms with Crippen LogP contribution in [0.3, 0.4) is 0 Å². The van der Waals surface area contributed by atoms with Gasteiger partial charge in [0.2, 0.25) is 0 Å². The van der Waals surface area contributed by atoms with Crippen molar-refractivity contribution in [2.75, 3.05) is 0 Å². The third-order valence-electron chi connectivity index (χ3n) is 5.60. The van der Waals surface area contributed by atoms with Gasteiger partial charge in [0, 0.05) is 5.41 Å². The lowest BCUT2D eigenvalue weighted by Crippen LogP contribution is -2.25. The quantitative estimate of drug-likeness (QED) is 0.553. The fourth-order valence-electron chi connectivity index (χ4n) is 3.96. The highest BCUT2D eigenvalue weighted by atomic mass is 32.2. The van der Waals surface area contributed by atoms with E-state index < -0.39 is 10.1 Å². The number of aliphatic hydroxyl groups is 1. The Morgan fingerprint density at radius 1 is 0.839 bits per heavy atom. The zero-order chi connectivity index (χ0) is 22.6. The van der Waals surface area contributed by atoms with E-state index in [-0.39, 0.29) is 28.0 Å². The van der Waals surface area contributed by atoms with Crippen LogP contribution in [-0.4, -0.2) is 24.2 Å². The second-order valence-corrected chi connectivity index (χ2v) is 9.20. The molecule has 0 radical (unpaired) electrons. The van der Waals surface area contributed by atoms with Gasteiger partial charge in [0.15, 0.2) is 0 Å². The molecule has 1 unspecified atom stereocenters. The van der Waals surface area contributed by atoms with Crippen LogP contribution in [-0.2, 0) is 15.5 Å². The summed E-state index contributed by atoms with van der Waals surface area (Å²) in [7, 11) is -4.02. The Kier molecular flexibility index (Phi) is 6.89. The summed E-state index contributed by atoms with van der Waals surface area (Å²) in [5, 5.41) is 9.95. The van der Waals surface area contributed by atoms with Gasteiger partial charge in [-0.05, 0) is 73.7 Å². The van der Waals surface area contributed by atoms with Gasteiger partial charge in [0.25, 0.3) is 10.1 Å². The van der Waals surface area contributed by atoms with Gasteiger partial charge in [-0.3, -0.25) is 4.55 Å². The molecular formula is C24H24F2O4S. The highest BCUT2D eigenvalue weighted by Crippen LogP contribution is 2.46. The molecule has 0 aliphatic heterocycles. The van der Waals surface area contributed by atoms with E-state index >= 15 is 0 Å². The SMILES string of the molecule is Cc1ccc(S(=O)(=O)O)cc1.OC1CCC(c2ccc(F)cc2)(c2ccc(F)cc2)C1. The lowest BCUT2D eigenvalue weighted by Gasteiger charge is -2.30. The molecule has 3 aromatic rings. The minimum atomic E-state index is -4.02. The first-order chi connectivity index (χ1) is 14.6. The number of halogens is 2. The number of hydrogen-bond donors (Lipinski definition) is 2. The Bertz CT molecular complexity index is 1060. The van der Waals surface area contributed by atoms with Crippen molar-refractivity contribution >= 4 is 10.1 Å². The molecule has 1 saturated carbocycles. The van der Waals surface area contributed by atoms with Crippen LogP contribution in [0.15, 0.2) is 77.7 Å². The van der Waals surface area contributed by atoms with Crippen LogP contribution in [0.2, 0.25) is 0 Å². The second kappa shape index (κ2) is 9.26. The Labute approximate surface area is 180 Å². The third-order valence-corrected chi connectivity index (χ3v) is 6.47. The first-order valence-electron chi connectivity index (χ1n) is 9.84. The maximum absolute atomic E-state index is 13.1. The summed E-state index contributed by atoms with van der Waals surface area (Å²) >= 11 is 0. The average Bonchev–Trinajstić information content (AvgIpc) is 3.12. The molecule has 0 aromatic heterocycles. The lowest BCUT2D eigenvalue weighted by molar-refractivity contribution is 0.177. The smallest absolute Gasteiger partial charge is 0.294 e. The molecule has 0 amide bonds. The zero-order valence-electron chi connectivity index (χ0n) is 17.0. The molecule has 1 aliphatic rings. The predicted molar refractivity (Wildman–Crippen MR) is 114 cm³/mol. The van der Waals surface area contributed by atoms with Crippen molar-refractivity contribution in [1.82, 2.24) is 0 Å². The molecule has 1 fully saturated rings. The van der Waals surface area contributed by atoms with Crippen LogP contribution < -0.4 is 0 Å². The van der Waals surface area contributed by atoms with Crippen molar-refractivity contribution in [1.29, 1.82) is 0 Å². The van der Waals surface area contributed by atoms with Gasteiger partial charge in [0.1, 0.15) is 11.6 Å². The van der Waals surface area contributed by atoms with Crippen molar-refractivity contribution in [2.45, 2.75) is 42.6 Å². The Morgan fingerprint density at radius 2 is 1.29 bits per heavy atom. The van der Waals surface area contributed by atoms with E-state index in [1.54, 1.807) is 36.4 Å². The Hall–Kier alpha value is -2.61. The fourth-order valence-corrected chi connectivity index (χ4v) is 4.44. The second-order valence-electron chi connectivity index (χ2n) is 7.78. The summed E-state index contributed by atoms with van der Waals surface area (Å²) in [4.78, 5) is -0.0666. The summed E-state index contributed by atoms with van der Waals surface area (Å²) in [6.07, 6.45) is 1.70. The molecule has 7 heteroatoms. The van der Waals surface area contributed by atoms with Gasteiger partial charge in [-0.25, -0.2) is 8.78 Å². The maximum Gasteiger partial charge on any atom is 0.294 e. The molecule has 1 aliphatic carbocycles. The van der Waals surface area contributed by atoms with E-state index in [0.717, 1.165) is 23.1 Å². The molecule has 2 N–H and O–H groups in total. The van der Waals surface area contributed by atoms with E-state index in [4.69, 9.17) is 4.55 Å². The normalized spacial score (nSPS) is 17.6. The molecule has 3 aromatic carbocycles. The van der Waals surface area contributed by atoms with E-state index in [2.05, 4.69) is 0 Å². The van der Waals surface area contributed by atoms with E-state index in [1.165, 1.54) is 36.4 Å². The van der Waals surface area contributed by atoms with Crippen LogP contribution in [0.5, 0.6) is 0 Å². The topological polar surface area (TPSA) is 74.6 Å². The van der Waals surface area contributed by atoms with Crippen LogP contribution >= 0.6 is 0 Å². The van der Waals surface area contributed by atoms with Crippen LogP contribution in [0.1, 0.15) is 36.0 Å². The van der Waals surface area contributed by atoms with Gasteiger partial charge in [-0.15, -0.1) is 0 Å². The van der Waals surface area contributed by atoms with Crippen molar-refractivity contribution in [3.63, 3.8) is 0 Å². The molecule has 164 valence electrons. The van der Waals surface area contributed by atoms with Gasteiger partial charge >= 0.3 is 0 Å². The largest absolute Gasteiger partial charge is 0.393 e. The number of rotatable bonds is 3. The molecule has 0 spiro atoms. The Balaban J connectivity index is 0.000000210. The predicted octanol–water partition coefficient (Wildman–Crippen LogP) is 5.04. The van der Waals surface area contributed by atoms with Crippen molar-refractivity contribution in [3.05, 3.63) is 101 Å². The number of aliphatic hydroxyl groups excluding tert-OH is 1. The first-order valence-corrected chi connectivity index (χ1v) is 11.3. The molecular weight excluding hydrogens is 422 g/mol. The summed E-state index contributed by atoms with van der Waals surface area (Å²) in [6.45, 7) is 1.84. The van der Waals surface area contributed by atoms with E-state index in [0.29, 0.717) is 12.8 Å². The van der Waals surface area contributed by atoms with Gasteiger partial charge in [-0.2, -0.15) is 8.42 Å². The van der Waals surface area contributed by atoms with Gasteiger partial charge in [0.05, 0.1) is 11.0 Å². The van der Waals surface area contributed by atoms with E-state index in [9.17, 15) is 22.3 Å². The van der Waals surface area contributed by atoms with E-state index in [1.807, 2.05) is 6.92 Å². The lowest BCUT2D eigenvalue weighted by atomic mass is 9.73. The molecule has 0 heterocycles. The van der Waals surface area contributed by atoms with Crippen molar-refractivity contribution in [2.24, 2.45) is 0 Å². The van der Waals surface area contributed by atoms with Gasteiger partial charge in [-0.1, -0.05) is 42.0 Å². The number of hydrogen-bond acceptors (Lipinski definition) is 3. The van der Waals surface area contributed by atoms with Crippen molar-refractivity contribution in [3.8, 4) is 0 Å². The molecule has 0 saturated heterocycles. The summed E-state index contributed by atoms with van der Waals surface area (Å²) < 4.78 is 55.8. The van der Waals surface area contributed by atoms with Crippen LogP contribution in [0.4, 0.5) is 8.78 Å². The number of aryl methyl sites for hydroxylation is 1. The minimum absolute atomic E-state index is 0.0666. The standard InChI is InChI=1S/C17H16F2O.C7H8O3S/c18-14-5-1-12(2-6-14)17(10-9-16(20)11-17)13-3-7-15(19)8-4-13;1-6-2-4-7(5-3-6)11(8,9)10/h1-8,16,20H,9-11H2;2-5H,1H3,(H,8,9,10). The fraction of sp³-hybridized carbons (Fsp3) is 0.250. The van der Waals surface area contributed by atoms with Gasteiger partial charge < -0.3 is 5.11 Å². The highest BCUT2D eigenvalue weighted by Gasteiger charge is 2.41. The first kappa shape index (κ1) is 23.1. The molecule has 4 rings (SSSR count). The molecule has 31 heavy (non-hydrogen) atoms. The van der Waals surface area contributed by atoms with Crippen LogP contribution in [0.25, 0.3) is 0 Å². The van der Waals surface area contributed by atoms with Crippen LogP contribution in [0, 0.1) is 18.6 Å². The monoisotopic (exact) mass is 446 g/mol. The average molecular weight is 447 g/mol. The maximum atomic E-state index is 13.1. The Morgan fingerprint density at radius 3 is 1.65 bits per heavy atom. The van der Waals surface area contributed by atoms with Crippen molar-refractivity contribution < 1.29 is 26.9 Å². The third kappa shape index (κ3) is 5.55. The summed E-state index contributed by atoms with van der Waals surface area (Å²) in [5.41, 5.74) is 2.56. The minimum Gasteiger partial charge on any atom is -0.393 e. The molecule has 1 atom stereocenters. The molecule has 0 bridgehead atoms. The molecule has 4 nitrogen and oxygen atoms in total. The highest BCUT2D eigenvalue weighted by molar-refractivity contribution is 7.85. The zero-order valence-corrected chi connectivity index (χ0v) is 17.8. The number of benzene rings is 3.